The number of carbonyl (C=O) groups is 1. The Bertz CT molecular complexity index is 569. The zero-order valence-electron chi connectivity index (χ0n) is 12.0. The molecule has 21 heavy (non-hydrogen) atoms. The van der Waals surface area contributed by atoms with Crippen LogP contribution >= 0.6 is 0 Å². The fraction of sp³-hybridized carbons (Fsp3) is 0.500. The van der Waals surface area contributed by atoms with Gasteiger partial charge in [0, 0.05) is 12.6 Å². The highest BCUT2D eigenvalue weighted by Gasteiger charge is 2.44. The van der Waals surface area contributed by atoms with Crippen LogP contribution in [0, 0.1) is 27.3 Å². The first-order valence-electron chi connectivity index (χ1n) is 6.83. The van der Waals surface area contributed by atoms with E-state index in [2.05, 4.69) is 10.6 Å². The van der Waals surface area contributed by atoms with Gasteiger partial charge in [0.25, 0.3) is 5.69 Å². The Hall–Kier alpha value is -2.02. The second-order valence-corrected chi connectivity index (χ2v) is 5.58. The summed E-state index contributed by atoms with van der Waals surface area (Å²) in [6.45, 7) is 5.02. The van der Waals surface area contributed by atoms with E-state index in [9.17, 15) is 19.3 Å². The minimum Gasteiger partial charge on any atom is -0.317 e. The number of halogens is 1. The summed E-state index contributed by atoms with van der Waals surface area (Å²) in [6, 6.07) is 3.52. The third-order valence-corrected chi connectivity index (χ3v) is 4.17. The Morgan fingerprint density at radius 1 is 1.52 bits per heavy atom. The number of nitrogens with zero attached hydrogens (tertiary/aromatic N) is 1. The summed E-state index contributed by atoms with van der Waals surface area (Å²) < 4.78 is 13.8. The van der Waals surface area contributed by atoms with Crippen molar-refractivity contribution in [1.82, 2.24) is 5.32 Å². The molecule has 6 nitrogen and oxygen atoms in total. The van der Waals surface area contributed by atoms with Crippen LogP contribution in [0.25, 0.3) is 0 Å². The van der Waals surface area contributed by atoms with E-state index in [1.54, 1.807) is 0 Å². The number of benzene rings is 1. The first kappa shape index (κ1) is 15.4. The maximum Gasteiger partial charge on any atom is 0.295 e. The number of carbonyl (C=O) groups excluding carboxylic acids is 1. The van der Waals surface area contributed by atoms with Crippen LogP contribution in [0.1, 0.15) is 20.3 Å². The van der Waals surface area contributed by atoms with E-state index in [1.165, 1.54) is 12.1 Å². The molecule has 2 N–H and O–H groups in total. The molecule has 0 aliphatic carbocycles. The number of nitro groups is 1. The molecule has 1 heterocycles. The van der Waals surface area contributed by atoms with Crippen LogP contribution in [0.4, 0.5) is 15.8 Å². The number of nitro benzene ring substituents is 1. The van der Waals surface area contributed by atoms with Crippen molar-refractivity contribution in [2.75, 3.05) is 18.4 Å². The highest BCUT2D eigenvalue weighted by Crippen LogP contribution is 2.37. The molecule has 0 radical (unpaired) electrons. The average Bonchev–Trinajstić information content (AvgIpc) is 2.91. The molecule has 0 aromatic heterocycles. The fourth-order valence-electron chi connectivity index (χ4n) is 2.69. The van der Waals surface area contributed by atoms with Gasteiger partial charge in [0.15, 0.2) is 11.5 Å². The van der Waals surface area contributed by atoms with E-state index < -0.39 is 21.8 Å². The SMILES string of the molecule is CC(C)C1(C(=O)Nc2c(F)cccc2[N+](=O)[O-])CCNC1. The van der Waals surface area contributed by atoms with Crippen molar-refractivity contribution >= 4 is 17.3 Å². The second-order valence-electron chi connectivity index (χ2n) is 5.58. The Kier molecular flexibility index (Phi) is 4.22. The smallest absolute Gasteiger partial charge is 0.295 e. The lowest BCUT2D eigenvalue weighted by atomic mass is 9.75. The van der Waals surface area contributed by atoms with Crippen LogP contribution < -0.4 is 10.6 Å². The van der Waals surface area contributed by atoms with E-state index in [-0.39, 0.29) is 17.5 Å². The summed E-state index contributed by atoms with van der Waals surface area (Å²) in [6.07, 6.45) is 0.624. The molecule has 1 aliphatic rings. The number of anilines is 1. The molecule has 1 unspecified atom stereocenters. The maximum atomic E-state index is 13.8. The predicted molar refractivity (Wildman–Crippen MR) is 76.4 cm³/mol. The van der Waals surface area contributed by atoms with Crippen LogP contribution in [0.15, 0.2) is 18.2 Å². The summed E-state index contributed by atoms with van der Waals surface area (Å²) >= 11 is 0. The molecule has 1 fully saturated rings. The van der Waals surface area contributed by atoms with Gasteiger partial charge in [-0.1, -0.05) is 19.9 Å². The van der Waals surface area contributed by atoms with Crippen molar-refractivity contribution < 1.29 is 14.1 Å². The van der Waals surface area contributed by atoms with Gasteiger partial charge in [-0.15, -0.1) is 0 Å². The summed E-state index contributed by atoms with van der Waals surface area (Å²) in [7, 11) is 0. The maximum absolute atomic E-state index is 13.8. The van der Waals surface area contributed by atoms with Gasteiger partial charge in [0.1, 0.15) is 0 Å². The fourth-order valence-corrected chi connectivity index (χ4v) is 2.69. The number of amides is 1. The van der Waals surface area contributed by atoms with Gasteiger partial charge in [0.2, 0.25) is 5.91 Å². The van der Waals surface area contributed by atoms with Gasteiger partial charge in [-0.05, 0) is 24.9 Å². The van der Waals surface area contributed by atoms with Gasteiger partial charge in [-0.3, -0.25) is 14.9 Å². The molecule has 1 aromatic carbocycles. The quantitative estimate of drug-likeness (QED) is 0.659. The van der Waals surface area contributed by atoms with E-state index in [0.717, 1.165) is 6.07 Å². The largest absolute Gasteiger partial charge is 0.317 e. The van der Waals surface area contributed by atoms with E-state index in [0.29, 0.717) is 19.5 Å². The first-order chi connectivity index (χ1) is 9.88. The lowest BCUT2D eigenvalue weighted by Crippen LogP contribution is -2.42. The zero-order chi connectivity index (χ0) is 15.6. The molecule has 0 bridgehead atoms. The third-order valence-electron chi connectivity index (χ3n) is 4.17. The Labute approximate surface area is 121 Å². The molecule has 1 saturated heterocycles. The topological polar surface area (TPSA) is 84.3 Å². The summed E-state index contributed by atoms with van der Waals surface area (Å²) in [5, 5.41) is 16.5. The van der Waals surface area contributed by atoms with Crippen LogP contribution in [-0.4, -0.2) is 23.9 Å². The van der Waals surface area contributed by atoms with Gasteiger partial charge in [-0.25, -0.2) is 4.39 Å². The zero-order valence-corrected chi connectivity index (χ0v) is 12.0. The van der Waals surface area contributed by atoms with Crippen molar-refractivity contribution in [3.8, 4) is 0 Å². The molecule has 114 valence electrons. The van der Waals surface area contributed by atoms with Crippen LogP contribution in [0.5, 0.6) is 0 Å². The molecule has 7 heteroatoms. The highest BCUT2D eigenvalue weighted by atomic mass is 19.1. The Morgan fingerprint density at radius 2 is 2.24 bits per heavy atom. The first-order valence-corrected chi connectivity index (χ1v) is 6.83. The third kappa shape index (κ3) is 2.73. The predicted octanol–water partition coefficient (Wildman–Crippen LogP) is 2.31. The molecule has 1 aliphatic heterocycles. The number of nitrogens with one attached hydrogen (secondary N) is 2. The van der Waals surface area contributed by atoms with Gasteiger partial charge in [0.05, 0.1) is 10.3 Å². The van der Waals surface area contributed by atoms with Crippen LogP contribution in [0.2, 0.25) is 0 Å². The van der Waals surface area contributed by atoms with E-state index in [4.69, 9.17) is 0 Å². The monoisotopic (exact) mass is 295 g/mol. The van der Waals surface area contributed by atoms with Crippen molar-refractivity contribution in [2.24, 2.45) is 11.3 Å². The average molecular weight is 295 g/mol. The molecule has 1 amide bonds. The standard InChI is InChI=1S/C14H18FN3O3/c1-9(2)14(6-7-16-8-14)13(19)17-12-10(15)4-3-5-11(12)18(20)21/h3-5,9,16H,6-8H2,1-2H3,(H,17,19). The Balaban J connectivity index is 2.34. The van der Waals surface area contributed by atoms with Gasteiger partial charge >= 0.3 is 0 Å². The number of hydrogen-bond donors (Lipinski definition) is 2. The van der Waals surface area contributed by atoms with Gasteiger partial charge < -0.3 is 10.6 Å². The number of rotatable bonds is 4. The van der Waals surface area contributed by atoms with Crippen LogP contribution in [0.3, 0.4) is 0 Å². The molecule has 0 saturated carbocycles. The molecule has 2 rings (SSSR count). The highest BCUT2D eigenvalue weighted by molar-refractivity contribution is 5.97. The summed E-state index contributed by atoms with van der Waals surface area (Å²) in [5.41, 5.74) is -1.47. The second kappa shape index (κ2) is 5.77. The van der Waals surface area contributed by atoms with Crippen molar-refractivity contribution in [1.29, 1.82) is 0 Å². The van der Waals surface area contributed by atoms with E-state index in [1.807, 2.05) is 13.8 Å². The Morgan fingerprint density at radius 3 is 2.76 bits per heavy atom. The number of hydrogen-bond acceptors (Lipinski definition) is 4. The lowest BCUT2D eigenvalue weighted by Gasteiger charge is -2.31. The summed E-state index contributed by atoms with van der Waals surface area (Å²) in [5.74, 6) is -1.14. The summed E-state index contributed by atoms with van der Waals surface area (Å²) in [4.78, 5) is 22.8. The number of para-hydroxylation sites is 1. The molecular formula is C14H18FN3O3. The molecular weight excluding hydrogens is 277 g/mol. The van der Waals surface area contributed by atoms with Crippen molar-refractivity contribution in [3.05, 3.63) is 34.1 Å². The molecule has 1 aromatic rings. The normalized spacial score (nSPS) is 21.5. The van der Waals surface area contributed by atoms with E-state index >= 15 is 0 Å². The lowest BCUT2D eigenvalue weighted by molar-refractivity contribution is -0.384. The van der Waals surface area contributed by atoms with Crippen molar-refractivity contribution in [2.45, 2.75) is 20.3 Å². The molecule has 1 atom stereocenters. The molecule has 0 spiro atoms. The van der Waals surface area contributed by atoms with Gasteiger partial charge in [-0.2, -0.15) is 0 Å². The minimum atomic E-state index is -0.803. The van der Waals surface area contributed by atoms with Crippen LogP contribution in [-0.2, 0) is 4.79 Å². The van der Waals surface area contributed by atoms with Crippen molar-refractivity contribution in [3.63, 3.8) is 0 Å². The minimum absolute atomic E-state index is 0.0401.